The van der Waals surface area contributed by atoms with Gasteiger partial charge in [-0.1, -0.05) is 19.1 Å². The number of amides is 2. The molecule has 146 valence electrons. The van der Waals surface area contributed by atoms with Gasteiger partial charge < -0.3 is 10.6 Å². The quantitative estimate of drug-likeness (QED) is 0.791. The first-order valence-electron chi connectivity index (χ1n) is 9.37. The Kier molecular flexibility index (Phi) is 5.29. The molecule has 2 amide bonds. The number of nitrogens with one attached hydrogen (secondary N) is 2. The molecule has 0 bridgehead atoms. The summed E-state index contributed by atoms with van der Waals surface area (Å²) >= 11 is 0. The van der Waals surface area contributed by atoms with Gasteiger partial charge in [0.25, 0.3) is 11.8 Å². The number of aromatic nitrogens is 5. The molecular formula is C18H27N7O2. The zero-order chi connectivity index (χ0) is 19.7. The molecule has 3 rings (SSSR count). The molecule has 2 aromatic rings. The fourth-order valence-electron chi connectivity index (χ4n) is 3.58. The Morgan fingerprint density at radius 3 is 2.74 bits per heavy atom. The molecule has 0 saturated carbocycles. The predicted octanol–water partition coefficient (Wildman–Crippen LogP) is 1.20. The van der Waals surface area contributed by atoms with E-state index in [0.29, 0.717) is 19.0 Å². The van der Waals surface area contributed by atoms with Crippen LogP contribution >= 0.6 is 0 Å². The van der Waals surface area contributed by atoms with Crippen LogP contribution in [0.5, 0.6) is 0 Å². The molecule has 0 fully saturated rings. The smallest absolute Gasteiger partial charge is 0.274 e. The molecule has 1 aliphatic rings. The van der Waals surface area contributed by atoms with Crippen LogP contribution in [0.3, 0.4) is 0 Å². The average molecular weight is 373 g/mol. The van der Waals surface area contributed by atoms with Crippen molar-refractivity contribution in [3.63, 3.8) is 0 Å². The topological polar surface area (TPSA) is 107 Å². The van der Waals surface area contributed by atoms with Gasteiger partial charge in [0.2, 0.25) is 0 Å². The number of nitrogens with zero attached hydrogens (tertiary/aromatic N) is 5. The standard InChI is InChI=1S/C18H27N7O2/c1-6-24-12(5)14(11(4)22-24)8-19-17(26)15-16-18(27)20-13(7-10(2)3)9-25(16)23-21-15/h10,13H,6-9H2,1-5H3,(H,19,26)(H,20,27). The highest BCUT2D eigenvalue weighted by atomic mass is 16.2. The number of hydrogen-bond acceptors (Lipinski definition) is 5. The van der Waals surface area contributed by atoms with Gasteiger partial charge >= 0.3 is 0 Å². The van der Waals surface area contributed by atoms with E-state index in [2.05, 4.69) is 39.9 Å². The van der Waals surface area contributed by atoms with Gasteiger partial charge in [-0.15, -0.1) is 5.10 Å². The van der Waals surface area contributed by atoms with Gasteiger partial charge in [-0.3, -0.25) is 14.3 Å². The zero-order valence-corrected chi connectivity index (χ0v) is 16.5. The van der Waals surface area contributed by atoms with Gasteiger partial charge in [-0.05, 0) is 33.1 Å². The Bertz CT molecular complexity index is 865. The van der Waals surface area contributed by atoms with Crippen LogP contribution in [0.4, 0.5) is 0 Å². The van der Waals surface area contributed by atoms with Crippen molar-refractivity contribution in [1.29, 1.82) is 0 Å². The second-order valence-electron chi connectivity index (χ2n) is 7.42. The van der Waals surface area contributed by atoms with Gasteiger partial charge in [-0.2, -0.15) is 5.10 Å². The molecule has 27 heavy (non-hydrogen) atoms. The van der Waals surface area contributed by atoms with Crippen molar-refractivity contribution in [1.82, 2.24) is 35.4 Å². The minimum absolute atomic E-state index is 0.00722. The highest BCUT2D eigenvalue weighted by molar-refractivity contribution is 6.05. The highest BCUT2D eigenvalue weighted by Gasteiger charge is 2.32. The van der Waals surface area contributed by atoms with Crippen molar-refractivity contribution in [3.8, 4) is 0 Å². The lowest BCUT2D eigenvalue weighted by molar-refractivity contribution is 0.0870. The van der Waals surface area contributed by atoms with Crippen molar-refractivity contribution in [2.24, 2.45) is 5.92 Å². The van der Waals surface area contributed by atoms with Gasteiger partial charge in [0.05, 0.1) is 12.2 Å². The van der Waals surface area contributed by atoms with Crippen LogP contribution in [-0.2, 0) is 19.6 Å². The van der Waals surface area contributed by atoms with Crippen LogP contribution in [0, 0.1) is 19.8 Å². The lowest BCUT2D eigenvalue weighted by Crippen LogP contribution is -2.46. The van der Waals surface area contributed by atoms with Gasteiger partial charge in [-0.25, -0.2) is 4.68 Å². The van der Waals surface area contributed by atoms with E-state index >= 15 is 0 Å². The number of fused-ring (bicyclic) bond motifs is 1. The molecule has 3 heterocycles. The maximum absolute atomic E-state index is 12.6. The molecule has 1 aliphatic heterocycles. The Labute approximate surface area is 158 Å². The maximum atomic E-state index is 12.6. The third-order valence-electron chi connectivity index (χ3n) is 4.91. The first-order chi connectivity index (χ1) is 12.8. The summed E-state index contributed by atoms with van der Waals surface area (Å²) in [6, 6.07) is 0.00722. The second-order valence-corrected chi connectivity index (χ2v) is 7.42. The van der Waals surface area contributed by atoms with Crippen molar-refractivity contribution in [3.05, 3.63) is 28.3 Å². The van der Waals surface area contributed by atoms with E-state index in [4.69, 9.17) is 0 Å². The molecule has 0 spiro atoms. The van der Waals surface area contributed by atoms with Crippen LogP contribution in [0.25, 0.3) is 0 Å². The van der Waals surface area contributed by atoms with Crippen LogP contribution < -0.4 is 10.6 Å². The molecule has 9 heteroatoms. The van der Waals surface area contributed by atoms with Crippen LogP contribution in [0.1, 0.15) is 65.1 Å². The van der Waals surface area contributed by atoms with E-state index in [9.17, 15) is 9.59 Å². The lowest BCUT2D eigenvalue weighted by Gasteiger charge is -2.25. The van der Waals surface area contributed by atoms with Crippen LogP contribution in [0.15, 0.2) is 0 Å². The van der Waals surface area contributed by atoms with E-state index in [-0.39, 0.29) is 23.3 Å². The summed E-state index contributed by atoms with van der Waals surface area (Å²) in [6.07, 6.45) is 0.854. The summed E-state index contributed by atoms with van der Waals surface area (Å²) in [6.45, 7) is 11.8. The summed E-state index contributed by atoms with van der Waals surface area (Å²) in [5.41, 5.74) is 3.18. The van der Waals surface area contributed by atoms with Gasteiger partial charge in [0.1, 0.15) is 0 Å². The third-order valence-corrected chi connectivity index (χ3v) is 4.91. The van der Waals surface area contributed by atoms with E-state index < -0.39 is 5.91 Å². The normalized spacial score (nSPS) is 16.4. The van der Waals surface area contributed by atoms with Crippen LogP contribution in [-0.4, -0.2) is 42.6 Å². The molecular weight excluding hydrogens is 346 g/mol. The van der Waals surface area contributed by atoms with Crippen molar-refractivity contribution in [2.45, 2.75) is 66.7 Å². The van der Waals surface area contributed by atoms with Crippen molar-refractivity contribution >= 4 is 11.8 Å². The Balaban J connectivity index is 1.73. The predicted molar refractivity (Wildman–Crippen MR) is 99.3 cm³/mol. The number of carbonyl (C=O) groups excluding carboxylic acids is 2. The van der Waals surface area contributed by atoms with Gasteiger partial charge in [0, 0.05) is 30.4 Å². The number of rotatable bonds is 6. The van der Waals surface area contributed by atoms with Crippen LogP contribution in [0.2, 0.25) is 0 Å². The first kappa shape index (κ1) is 19.1. The fraction of sp³-hybridized carbons (Fsp3) is 0.611. The summed E-state index contributed by atoms with van der Waals surface area (Å²) in [5, 5.41) is 18.2. The van der Waals surface area contributed by atoms with E-state index in [1.54, 1.807) is 0 Å². The molecule has 0 saturated heterocycles. The molecule has 0 radical (unpaired) electrons. The Morgan fingerprint density at radius 2 is 2.11 bits per heavy atom. The van der Waals surface area contributed by atoms with Crippen molar-refractivity contribution in [2.75, 3.05) is 0 Å². The van der Waals surface area contributed by atoms with E-state index in [0.717, 1.165) is 29.9 Å². The lowest BCUT2D eigenvalue weighted by atomic mass is 10.0. The minimum atomic E-state index is -0.406. The summed E-state index contributed by atoms with van der Waals surface area (Å²) < 4.78 is 3.44. The summed E-state index contributed by atoms with van der Waals surface area (Å²) in [5.74, 6) is -0.247. The van der Waals surface area contributed by atoms with E-state index in [1.165, 1.54) is 4.68 Å². The molecule has 2 N–H and O–H groups in total. The third kappa shape index (κ3) is 3.72. The average Bonchev–Trinajstić information content (AvgIpc) is 3.14. The molecule has 9 nitrogen and oxygen atoms in total. The molecule has 0 aliphatic carbocycles. The number of aryl methyl sites for hydroxylation is 2. The molecule has 1 unspecified atom stereocenters. The van der Waals surface area contributed by atoms with Gasteiger partial charge in [0.15, 0.2) is 11.4 Å². The fourth-order valence-corrected chi connectivity index (χ4v) is 3.58. The zero-order valence-electron chi connectivity index (χ0n) is 16.5. The summed E-state index contributed by atoms with van der Waals surface area (Å²) in [4.78, 5) is 25.1. The molecule has 0 aromatic carbocycles. The number of carbonyl (C=O) groups is 2. The minimum Gasteiger partial charge on any atom is -0.346 e. The largest absolute Gasteiger partial charge is 0.346 e. The maximum Gasteiger partial charge on any atom is 0.274 e. The SMILES string of the molecule is CCn1nc(C)c(CNC(=O)c2nnn3c2C(=O)NC(CC(C)C)C3)c1C. The second kappa shape index (κ2) is 7.50. The number of hydrogen-bond donors (Lipinski definition) is 2. The van der Waals surface area contributed by atoms with E-state index in [1.807, 2.05) is 25.5 Å². The monoisotopic (exact) mass is 373 g/mol. The molecule has 1 atom stereocenters. The Hall–Kier alpha value is -2.71. The summed E-state index contributed by atoms with van der Waals surface area (Å²) in [7, 11) is 0. The molecule has 2 aromatic heterocycles. The van der Waals surface area contributed by atoms with Crippen molar-refractivity contribution < 1.29 is 9.59 Å². The first-order valence-corrected chi connectivity index (χ1v) is 9.37. The highest BCUT2D eigenvalue weighted by Crippen LogP contribution is 2.17. The Morgan fingerprint density at radius 1 is 1.37 bits per heavy atom.